The van der Waals surface area contributed by atoms with Gasteiger partial charge < -0.3 is 5.32 Å². The topological polar surface area (TPSA) is 99.8 Å². The molecule has 0 aromatic carbocycles. The fraction of sp³-hybridized carbons (Fsp3) is 0.385. The lowest BCUT2D eigenvalue weighted by Crippen LogP contribution is -2.20. The number of rotatable bonds is 6. The maximum absolute atomic E-state index is 11.9. The summed E-state index contributed by atoms with van der Waals surface area (Å²) in [5, 5.41) is 14.3. The number of nitrogens with one attached hydrogen (secondary N) is 3. The van der Waals surface area contributed by atoms with E-state index in [-0.39, 0.29) is 17.3 Å². The SMILES string of the molecule is CCCNC(C)c1csc(NC(=O)c2ccc(=O)[nH]n2)n1. The van der Waals surface area contributed by atoms with Crippen LogP contribution >= 0.6 is 11.3 Å². The van der Waals surface area contributed by atoms with E-state index in [0.717, 1.165) is 18.7 Å². The Morgan fingerprint density at radius 2 is 2.29 bits per heavy atom. The van der Waals surface area contributed by atoms with Gasteiger partial charge in [0.15, 0.2) is 5.13 Å². The first-order chi connectivity index (χ1) is 10.1. The smallest absolute Gasteiger partial charge is 0.277 e. The zero-order valence-corrected chi connectivity index (χ0v) is 12.7. The van der Waals surface area contributed by atoms with Crippen LogP contribution in [0.3, 0.4) is 0 Å². The summed E-state index contributed by atoms with van der Waals surface area (Å²) in [5.74, 6) is -0.402. The number of anilines is 1. The number of hydrogen-bond donors (Lipinski definition) is 3. The maximum atomic E-state index is 11.9. The van der Waals surface area contributed by atoms with Crippen LogP contribution in [0.15, 0.2) is 22.3 Å². The lowest BCUT2D eigenvalue weighted by Gasteiger charge is -2.09. The second-order valence-corrected chi connectivity index (χ2v) is 5.37. The van der Waals surface area contributed by atoms with Crippen LogP contribution in [0.4, 0.5) is 5.13 Å². The molecule has 0 spiro atoms. The van der Waals surface area contributed by atoms with Crippen molar-refractivity contribution in [2.45, 2.75) is 26.3 Å². The number of amides is 1. The van der Waals surface area contributed by atoms with E-state index < -0.39 is 5.91 Å². The van der Waals surface area contributed by atoms with Crippen LogP contribution in [0.1, 0.15) is 42.5 Å². The molecule has 3 N–H and O–H groups in total. The molecule has 2 aromatic heterocycles. The molecule has 0 fully saturated rings. The summed E-state index contributed by atoms with van der Waals surface area (Å²) < 4.78 is 0. The quantitative estimate of drug-likeness (QED) is 0.751. The van der Waals surface area contributed by atoms with Gasteiger partial charge in [-0.05, 0) is 26.0 Å². The third-order valence-corrected chi connectivity index (χ3v) is 3.57. The Morgan fingerprint density at radius 1 is 1.48 bits per heavy atom. The van der Waals surface area contributed by atoms with E-state index in [1.165, 1.54) is 23.5 Å². The second kappa shape index (κ2) is 7.09. The number of nitrogens with zero attached hydrogens (tertiary/aromatic N) is 2. The van der Waals surface area contributed by atoms with E-state index >= 15 is 0 Å². The van der Waals surface area contributed by atoms with Crippen LogP contribution in [-0.2, 0) is 0 Å². The van der Waals surface area contributed by atoms with Gasteiger partial charge in [-0.25, -0.2) is 10.1 Å². The zero-order valence-electron chi connectivity index (χ0n) is 11.8. The average molecular weight is 307 g/mol. The first-order valence-corrected chi connectivity index (χ1v) is 7.54. The van der Waals surface area contributed by atoms with Crippen molar-refractivity contribution in [1.82, 2.24) is 20.5 Å². The third kappa shape index (κ3) is 4.20. The van der Waals surface area contributed by atoms with Gasteiger partial charge in [-0.3, -0.25) is 14.9 Å². The Morgan fingerprint density at radius 3 is 2.95 bits per heavy atom. The van der Waals surface area contributed by atoms with Crippen LogP contribution in [-0.4, -0.2) is 27.6 Å². The number of thiazole rings is 1. The van der Waals surface area contributed by atoms with Crippen molar-refractivity contribution in [3.63, 3.8) is 0 Å². The van der Waals surface area contributed by atoms with Gasteiger partial charge in [0, 0.05) is 17.5 Å². The molecule has 0 saturated heterocycles. The van der Waals surface area contributed by atoms with Gasteiger partial charge >= 0.3 is 0 Å². The fourth-order valence-corrected chi connectivity index (χ4v) is 2.44. The number of hydrogen-bond acceptors (Lipinski definition) is 6. The molecule has 0 aliphatic rings. The lowest BCUT2D eigenvalue weighted by molar-refractivity contribution is 0.102. The molecule has 1 unspecified atom stereocenters. The molecular weight excluding hydrogens is 290 g/mol. The van der Waals surface area contributed by atoms with Gasteiger partial charge in [0.25, 0.3) is 11.5 Å². The van der Waals surface area contributed by atoms with Crippen LogP contribution in [0, 0.1) is 0 Å². The van der Waals surface area contributed by atoms with Crippen molar-refractivity contribution < 1.29 is 4.79 Å². The first kappa shape index (κ1) is 15.3. The van der Waals surface area contributed by atoms with Crippen molar-refractivity contribution in [3.05, 3.63) is 39.3 Å². The molecule has 2 aromatic rings. The maximum Gasteiger partial charge on any atom is 0.277 e. The van der Waals surface area contributed by atoms with E-state index in [1.807, 2.05) is 12.3 Å². The highest BCUT2D eigenvalue weighted by atomic mass is 32.1. The summed E-state index contributed by atoms with van der Waals surface area (Å²) in [7, 11) is 0. The van der Waals surface area contributed by atoms with Crippen molar-refractivity contribution in [3.8, 4) is 0 Å². The molecule has 0 aliphatic carbocycles. The molecule has 21 heavy (non-hydrogen) atoms. The summed E-state index contributed by atoms with van der Waals surface area (Å²) in [5.41, 5.74) is 0.681. The molecular formula is C13H17N5O2S. The van der Waals surface area contributed by atoms with Crippen molar-refractivity contribution >= 4 is 22.4 Å². The van der Waals surface area contributed by atoms with Crippen molar-refractivity contribution in [1.29, 1.82) is 0 Å². The number of carbonyl (C=O) groups excluding carboxylic acids is 1. The van der Waals surface area contributed by atoms with Crippen molar-refractivity contribution in [2.75, 3.05) is 11.9 Å². The molecule has 1 atom stereocenters. The second-order valence-electron chi connectivity index (χ2n) is 4.51. The highest BCUT2D eigenvalue weighted by molar-refractivity contribution is 7.14. The standard InChI is InChI=1S/C13H17N5O2S/c1-3-6-14-8(2)10-7-21-13(15-10)16-12(20)9-4-5-11(19)18-17-9/h4-5,7-8,14H,3,6H2,1-2H3,(H,18,19)(H,15,16,20). The number of carbonyl (C=O) groups is 1. The molecule has 0 bridgehead atoms. The molecule has 2 rings (SSSR count). The third-order valence-electron chi connectivity index (χ3n) is 2.80. The van der Waals surface area contributed by atoms with Gasteiger partial charge in [0.2, 0.25) is 0 Å². The highest BCUT2D eigenvalue weighted by Crippen LogP contribution is 2.20. The van der Waals surface area contributed by atoms with Gasteiger partial charge in [-0.15, -0.1) is 11.3 Å². The Kier molecular flexibility index (Phi) is 5.18. The predicted octanol–water partition coefficient (Wildman–Crippen LogP) is 1.54. The lowest BCUT2D eigenvalue weighted by atomic mass is 10.2. The van der Waals surface area contributed by atoms with E-state index in [0.29, 0.717) is 5.13 Å². The Hall–Kier alpha value is -2.06. The largest absolute Gasteiger partial charge is 0.309 e. The van der Waals surface area contributed by atoms with E-state index in [1.54, 1.807) is 0 Å². The van der Waals surface area contributed by atoms with Gasteiger partial charge in [-0.2, -0.15) is 5.10 Å². The molecule has 0 saturated carbocycles. The van der Waals surface area contributed by atoms with E-state index in [2.05, 4.69) is 32.7 Å². The normalized spacial score (nSPS) is 12.1. The Balaban J connectivity index is 2.00. The molecule has 0 radical (unpaired) electrons. The Labute approximate surface area is 125 Å². The molecule has 0 aliphatic heterocycles. The molecule has 1 amide bonds. The molecule has 8 heteroatoms. The fourth-order valence-electron chi connectivity index (χ4n) is 1.64. The van der Waals surface area contributed by atoms with Crippen LogP contribution < -0.4 is 16.2 Å². The summed E-state index contributed by atoms with van der Waals surface area (Å²) in [4.78, 5) is 27.2. The van der Waals surface area contributed by atoms with Crippen LogP contribution in [0.2, 0.25) is 0 Å². The van der Waals surface area contributed by atoms with Crippen LogP contribution in [0.25, 0.3) is 0 Å². The van der Waals surface area contributed by atoms with E-state index in [9.17, 15) is 9.59 Å². The summed E-state index contributed by atoms with van der Waals surface area (Å²) in [6.07, 6.45) is 1.05. The number of aromatic amines is 1. The number of aromatic nitrogens is 3. The monoisotopic (exact) mass is 307 g/mol. The highest BCUT2D eigenvalue weighted by Gasteiger charge is 2.13. The molecule has 2 heterocycles. The minimum absolute atomic E-state index is 0.137. The minimum atomic E-state index is -0.402. The minimum Gasteiger partial charge on any atom is -0.309 e. The average Bonchev–Trinajstić information content (AvgIpc) is 2.94. The number of H-pyrrole nitrogens is 1. The van der Waals surface area contributed by atoms with Gasteiger partial charge in [0.05, 0.1) is 5.69 Å². The van der Waals surface area contributed by atoms with E-state index in [4.69, 9.17) is 0 Å². The summed E-state index contributed by atoms with van der Waals surface area (Å²) >= 11 is 1.35. The Bertz CT molecular complexity index is 646. The van der Waals surface area contributed by atoms with Gasteiger partial charge in [0.1, 0.15) is 5.69 Å². The first-order valence-electron chi connectivity index (χ1n) is 6.66. The van der Waals surface area contributed by atoms with Crippen molar-refractivity contribution in [2.24, 2.45) is 0 Å². The molecule has 112 valence electrons. The zero-order chi connectivity index (χ0) is 15.2. The molecule has 7 nitrogen and oxygen atoms in total. The summed E-state index contributed by atoms with van der Waals surface area (Å²) in [6.45, 7) is 5.05. The summed E-state index contributed by atoms with van der Waals surface area (Å²) in [6, 6.07) is 2.76. The van der Waals surface area contributed by atoms with Crippen LogP contribution in [0.5, 0.6) is 0 Å². The van der Waals surface area contributed by atoms with Gasteiger partial charge in [-0.1, -0.05) is 6.92 Å². The predicted molar refractivity (Wildman–Crippen MR) is 81.6 cm³/mol.